The zero-order valence-corrected chi connectivity index (χ0v) is 16.2. The van der Waals surface area contributed by atoms with Crippen molar-refractivity contribution in [3.63, 3.8) is 0 Å². The van der Waals surface area contributed by atoms with Gasteiger partial charge < -0.3 is 15.4 Å². The van der Waals surface area contributed by atoms with Crippen molar-refractivity contribution >= 4 is 18.3 Å². The van der Waals surface area contributed by atoms with E-state index in [9.17, 15) is 4.79 Å². The van der Waals surface area contributed by atoms with Crippen LogP contribution in [-0.4, -0.2) is 41.1 Å². The van der Waals surface area contributed by atoms with E-state index in [-0.39, 0.29) is 24.4 Å². The van der Waals surface area contributed by atoms with Crippen LogP contribution in [0.3, 0.4) is 0 Å². The molecular weight excluding hydrogens is 354 g/mol. The summed E-state index contributed by atoms with van der Waals surface area (Å²) in [6, 6.07) is 7.79. The second-order valence-electron chi connectivity index (χ2n) is 6.39. The standard InChI is InChI=1S/C18H25N5O2.ClH/c1-12(15-6-4-5-7-16(15)25-3)20-18(24)17-13(2)23(22-21-17)14-8-10-19-11-9-14;/h4-7,12,14,19H,8-11H2,1-3H3,(H,20,24);1H. The number of nitrogens with one attached hydrogen (secondary N) is 2. The van der Waals surface area contributed by atoms with Gasteiger partial charge in [0.15, 0.2) is 5.69 Å². The molecule has 1 aliphatic heterocycles. The Kier molecular flexibility index (Phi) is 6.99. The Labute approximate surface area is 159 Å². The average molecular weight is 380 g/mol. The van der Waals surface area contributed by atoms with Crippen LogP contribution >= 0.6 is 12.4 Å². The van der Waals surface area contributed by atoms with Gasteiger partial charge >= 0.3 is 0 Å². The zero-order valence-electron chi connectivity index (χ0n) is 15.4. The third-order valence-electron chi connectivity index (χ3n) is 4.75. The molecule has 3 rings (SSSR count). The van der Waals surface area contributed by atoms with Crippen LogP contribution < -0.4 is 15.4 Å². The predicted molar refractivity (Wildman–Crippen MR) is 102 cm³/mol. The first-order valence-electron chi connectivity index (χ1n) is 8.68. The molecule has 2 N–H and O–H groups in total. The van der Waals surface area contributed by atoms with Gasteiger partial charge in [-0.15, -0.1) is 17.5 Å². The molecule has 1 aromatic carbocycles. The van der Waals surface area contributed by atoms with Gasteiger partial charge in [-0.1, -0.05) is 23.4 Å². The average Bonchev–Trinajstić information content (AvgIpc) is 3.03. The van der Waals surface area contributed by atoms with Gasteiger partial charge in [0.05, 0.1) is 24.9 Å². The van der Waals surface area contributed by atoms with Crippen molar-refractivity contribution in [3.05, 3.63) is 41.2 Å². The van der Waals surface area contributed by atoms with Gasteiger partial charge in [0.25, 0.3) is 5.91 Å². The van der Waals surface area contributed by atoms with Gasteiger partial charge in [-0.25, -0.2) is 4.68 Å². The molecule has 1 aromatic heterocycles. The lowest BCUT2D eigenvalue weighted by molar-refractivity contribution is 0.0933. The van der Waals surface area contributed by atoms with Gasteiger partial charge in [-0.2, -0.15) is 0 Å². The number of halogens is 1. The molecule has 1 fully saturated rings. The lowest BCUT2D eigenvalue weighted by atomic mass is 10.1. The lowest BCUT2D eigenvalue weighted by Crippen LogP contribution is -2.31. The van der Waals surface area contributed by atoms with Crippen molar-refractivity contribution in [2.45, 2.75) is 38.8 Å². The summed E-state index contributed by atoms with van der Waals surface area (Å²) in [5, 5.41) is 14.7. The summed E-state index contributed by atoms with van der Waals surface area (Å²) in [6.07, 6.45) is 2.01. The molecule has 26 heavy (non-hydrogen) atoms. The topological polar surface area (TPSA) is 81.1 Å². The fourth-order valence-corrected chi connectivity index (χ4v) is 3.32. The van der Waals surface area contributed by atoms with Gasteiger partial charge in [0, 0.05) is 5.56 Å². The summed E-state index contributed by atoms with van der Waals surface area (Å²) in [5.41, 5.74) is 2.14. The largest absolute Gasteiger partial charge is 0.496 e. The van der Waals surface area contributed by atoms with Crippen LogP contribution in [0.5, 0.6) is 5.75 Å². The van der Waals surface area contributed by atoms with Gasteiger partial charge in [0.2, 0.25) is 0 Å². The van der Waals surface area contributed by atoms with Gasteiger partial charge in [-0.05, 0) is 45.8 Å². The summed E-state index contributed by atoms with van der Waals surface area (Å²) in [7, 11) is 1.63. The number of rotatable bonds is 5. The molecule has 0 radical (unpaired) electrons. The summed E-state index contributed by atoms with van der Waals surface area (Å²) in [6.45, 7) is 5.78. The van der Waals surface area contributed by atoms with Crippen molar-refractivity contribution in [2.24, 2.45) is 0 Å². The number of hydrogen-bond donors (Lipinski definition) is 2. The minimum atomic E-state index is -0.212. The molecule has 1 atom stereocenters. The molecule has 142 valence electrons. The van der Waals surface area contributed by atoms with E-state index in [0.717, 1.165) is 42.9 Å². The maximum absolute atomic E-state index is 12.7. The minimum absolute atomic E-state index is 0. The molecule has 0 aliphatic carbocycles. The number of methoxy groups -OCH3 is 1. The first-order chi connectivity index (χ1) is 12.1. The molecule has 7 nitrogen and oxygen atoms in total. The molecule has 1 amide bonds. The number of ether oxygens (including phenoxy) is 1. The number of nitrogens with zero attached hydrogens (tertiary/aromatic N) is 3. The molecule has 1 saturated heterocycles. The van der Waals surface area contributed by atoms with Crippen LogP contribution in [0.4, 0.5) is 0 Å². The van der Waals surface area contributed by atoms with Crippen molar-refractivity contribution in [3.8, 4) is 5.75 Å². The number of benzene rings is 1. The van der Waals surface area contributed by atoms with Crippen molar-refractivity contribution in [1.82, 2.24) is 25.6 Å². The summed E-state index contributed by atoms with van der Waals surface area (Å²) in [5.74, 6) is 0.543. The van der Waals surface area contributed by atoms with Crippen LogP contribution in [0.15, 0.2) is 24.3 Å². The smallest absolute Gasteiger partial charge is 0.274 e. The van der Waals surface area contributed by atoms with E-state index in [1.54, 1.807) is 7.11 Å². The highest BCUT2D eigenvalue weighted by Gasteiger charge is 2.24. The van der Waals surface area contributed by atoms with Crippen molar-refractivity contribution < 1.29 is 9.53 Å². The van der Waals surface area contributed by atoms with E-state index in [1.165, 1.54) is 0 Å². The number of carbonyl (C=O) groups is 1. The minimum Gasteiger partial charge on any atom is -0.496 e. The molecule has 8 heteroatoms. The summed E-state index contributed by atoms with van der Waals surface area (Å²) in [4.78, 5) is 12.7. The highest BCUT2D eigenvalue weighted by molar-refractivity contribution is 5.93. The fourth-order valence-electron chi connectivity index (χ4n) is 3.32. The zero-order chi connectivity index (χ0) is 17.8. The van der Waals surface area contributed by atoms with Crippen molar-refractivity contribution in [2.75, 3.05) is 20.2 Å². The van der Waals surface area contributed by atoms with Crippen molar-refractivity contribution in [1.29, 1.82) is 0 Å². The molecular formula is C18H26ClN5O2. The van der Waals surface area contributed by atoms with E-state index >= 15 is 0 Å². The number of piperidine rings is 1. The Balaban J connectivity index is 0.00000243. The van der Waals surface area contributed by atoms with Crippen LogP contribution in [0, 0.1) is 6.92 Å². The molecule has 1 aliphatic rings. The Morgan fingerprint density at radius 2 is 2.04 bits per heavy atom. The lowest BCUT2D eigenvalue weighted by Gasteiger charge is -2.23. The normalized spacial score (nSPS) is 15.8. The number of amides is 1. The quantitative estimate of drug-likeness (QED) is 0.833. The maximum Gasteiger partial charge on any atom is 0.274 e. The molecule has 0 spiro atoms. The second kappa shape index (κ2) is 9.00. The van der Waals surface area contributed by atoms with E-state index in [2.05, 4.69) is 20.9 Å². The Bertz CT molecular complexity index is 743. The number of carbonyl (C=O) groups excluding carboxylic acids is 1. The molecule has 2 heterocycles. The Hall–Kier alpha value is -2.12. The van der Waals surface area contributed by atoms with E-state index < -0.39 is 0 Å². The highest BCUT2D eigenvalue weighted by Crippen LogP contribution is 2.25. The summed E-state index contributed by atoms with van der Waals surface area (Å²) < 4.78 is 7.26. The Morgan fingerprint density at radius 3 is 2.73 bits per heavy atom. The van der Waals surface area contributed by atoms with Crippen LogP contribution in [-0.2, 0) is 0 Å². The number of hydrogen-bond acceptors (Lipinski definition) is 5. The second-order valence-corrected chi connectivity index (χ2v) is 6.39. The van der Waals surface area contributed by atoms with Crippen LogP contribution in [0.2, 0.25) is 0 Å². The summed E-state index contributed by atoms with van der Waals surface area (Å²) >= 11 is 0. The first-order valence-corrected chi connectivity index (χ1v) is 8.68. The van der Waals surface area contributed by atoms with Gasteiger partial charge in [0.1, 0.15) is 5.75 Å². The monoisotopic (exact) mass is 379 g/mol. The third kappa shape index (κ3) is 4.16. The first kappa shape index (κ1) is 20.2. The molecule has 2 aromatic rings. The maximum atomic E-state index is 12.7. The molecule has 0 saturated carbocycles. The van der Waals surface area contributed by atoms with E-state index in [4.69, 9.17) is 4.74 Å². The van der Waals surface area contributed by atoms with E-state index in [1.807, 2.05) is 42.8 Å². The number of aromatic nitrogens is 3. The van der Waals surface area contributed by atoms with Crippen LogP contribution in [0.1, 0.15) is 53.6 Å². The molecule has 0 bridgehead atoms. The fraction of sp³-hybridized carbons (Fsp3) is 0.500. The van der Waals surface area contributed by atoms with E-state index in [0.29, 0.717) is 11.7 Å². The third-order valence-corrected chi connectivity index (χ3v) is 4.75. The molecule has 1 unspecified atom stereocenters. The predicted octanol–water partition coefficient (Wildman–Crippen LogP) is 2.43. The van der Waals surface area contributed by atoms with Crippen LogP contribution in [0.25, 0.3) is 0 Å². The Morgan fingerprint density at radius 1 is 1.35 bits per heavy atom. The number of para-hydroxylation sites is 1. The highest BCUT2D eigenvalue weighted by atomic mass is 35.5. The van der Waals surface area contributed by atoms with Gasteiger partial charge in [-0.3, -0.25) is 4.79 Å². The SMILES string of the molecule is COc1ccccc1C(C)NC(=O)c1nnn(C2CCNCC2)c1C.Cl.